The van der Waals surface area contributed by atoms with Crippen LogP contribution in [0.3, 0.4) is 0 Å². The molecule has 0 saturated carbocycles. The zero-order chi connectivity index (χ0) is 19.0. The van der Waals surface area contributed by atoms with Gasteiger partial charge >= 0.3 is 0 Å². The average Bonchev–Trinajstić information content (AvgIpc) is 3.01. The van der Waals surface area contributed by atoms with Crippen molar-refractivity contribution in [3.8, 4) is 0 Å². The van der Waals surface area contributed by atoms with Gasteiger partial charge in [-0.05, 0) is 49.4 Å². The first-order chi connectivity index (χ1) is 13.0. The Morgan fingerprint density at radius 1 is 1.26 bits per heavy atom. The number of nitrogens with one attached hydrogen (secondary N) is 1. The molecule has 0 unspecified atom stereocenters. The zero-order valence-electron chi connectivity index (χ0n) is 14.2. The molecule has 1 aliphatic carbocycles. The van der Waals surface area contributed by atoms with Crippen LogP contribution in [-0.4, -0.2) is 21.6 Å². The monoisotopic (exact) mass is 438 g/mol. The molecule has 0 fully saturated rings. The lowest BCUT2D eigenvalue weighted by Gasteiger charge is -2.10. The Kier molecular flexibility index (Phi) is 5.45. The molecule has 0 bridgehead atoms. The fourth-order valence-corrected chi connectivity index (χ4v) is 5.57. The number of hydrogen-bond donors (Lipinski definition) is 2. The maximum Gasteiger partial charge on any atom is 0.234 e. The molecule has 140 valence electrons. The number of hydrogen-bond acceptors (Lipinski definition) is 6. The third kappa shape index (κ3) is 4.01. The number of thioether (sulfide) groups is 1. The Balaban J connectivity index is 1.48. The maximum atomic E-state index is 12.2. The number of thiophene rings is 1. The molecular formula is C18H16Cl2N4OS2. The number of benzene rings is 1. The van der Waals surface area contributed by atoms with Gasteiger partial charge in [-0.25, -0.2) is 9.97 Å². The quantitative estimate of drug-likeness (QED) is 0.432. The van der Waals surface area contributed by atoms with Gasteiger partial charge in [0, 0.05) is 9.90 Å². The lowest BCUT2D eigenvalue weighted by molar-refractivity contribution is -0.113. The van der Waals surface area contributed by atoms with Crippen LogP contribution in [0, 0.1) is 0 Å². The molecule has 2 aromatic heterocycles. The summed E-state index contributed by atoms with van der Waals surface area (Å²) in [6, 6.07) is 4.93. The van der Waals surface area contributed by atoms with Crippen LogP contribution in [0.5, 0.6) is 0 Å². The van der Waals surface area contributed by atoms with E-state index in [1.165, 1.54) is 35.0 Å². The molecule has 5 nitrogen and oxygen atoms in total. The molecule has 2 heterocycles. The molecule has 27 heavy (non-hydrogen) atoms. The van der Waals surface area contributed by atoms with E-state index in [-0.39, 0.29) is 11.7 Å². The topological polar surface area (TPSA) is 80.9 Å². The van der Waals surface area contributed by atoms with Gasteiger partial charge in [0.25, 0.3) is 0 Å². The Labute approximate surface area is 174 Å². The van der Waals surface area contributed by atoms with Crippen molar-refractivity contribution in [1.29, 1.82) is 0 Å². The van der Waals surface area contributed by atoms with Crippen LogP contribution in [0.2, 0.25) is 10.0 Å². The number of carbonyl (C=O) groups excluding carboxylic acids is 1. The highest BCUT2D eigenvalue weighted by molar-refractivity contribution is 7.99. The van der Waals surface area contributed by atoms with Crippen LogP contribution >= 0.6 is 46.3 Å². The molecule has 3 N–H and O–H groups in total. The average molecular weight is 439 g/mol. The van der Waals surface area contributed by atoms with Gasteiger partial charge in [0.2, 0.25) is 5.91 Å². The van der Waals surface area contributed by atoms with Crippen LogP contribution in [-0.2, 0) is 17.6 Å². The van der Waals surface area contributed by atoms with Crippen LogP contribution in [0.15, 0.2) is 23.4 Å². The van der Waals surface area contributed by atoms with Crippen molar-refractivity contribution in [3.05, 3.63) is 38.7 Å². The number of anilines is 2. The first kappa shape index (κ1) is 18.8. The zero-order valence-corrected chi connectivity index (χ0v) is 17.4. The summed E-state index contributed by atoms with van der Waals surface area (Å²) in [4.78, 5) is 23.5. The van der Waals surface area contributed by atoms with E-state index >= 15 is 0 Å². The second-order valence-electron chi connectivity index (χ2n) is 6.24. The Bertz CT molecular complexity index is 1040. The summed E-state index contributed by atoms with van der Waals surface area (Å²) in [5.41, 5.74) is 8.03. The summed E-state index contributed by atoms with van der Waals surface area (Å²) in [5.74, 6) is 0.467. The van der Waals surface area contributed by atoms with E-state index in [0.29, 0.717) is 26.7 Å². The molecule has 1 amide bonds. The molecule has 0 aliphatic heterocycles. The van der Waals surface area contributed by atoms with Crippen molar-refractivity contribution < 1.29 is 4.79 Å². The van der Waals surface area contributed by atoms with Gasteiger partial charge in [-0.15, -0.1) is 11.3 Å². The SMILES string of the molecule is Nc1nc(SCC(=O)Nc2ccc(Cl)cc2Cl)nc2sc3c(c12)CCCC3. The Morgan fingerprint density at radius 3 is 2.89 bits per heavy atom. The van der Waals surface area contributed by atoms with Crippen LogP contribution in [0.1, 0.15) is 23.3 Å². The van der Waals surface area contributed by atoms with E-state index in [2.05, 4.69) is 15.3 Å². The smallest absolute Gasteiger partial charge is 0.234 e. The molecule has 0 atom stereocenters. The summed E-state index contributed by atoms with van der Waals surface area (Å²) in [5, 5.41) is 5.18. The number of halogens is 2. The predicted molar refractivity (Wildman–Crippen MR) is 114 cm³/mol. The molecule has 1 aromatic carbocycles. The summed E-state index contributed by atoms with van der Waals surface area (Å²) in [6.07, 6.45) is 4.52. The lowest BCUT2D eigenvalue weighted by Crippen LogP contribution is -2.14. The summed E-state index contributed by atoms with van der Waals surface area (Å²) in [7, 11) is 0. The second-order valence-corrected chi connectivity index (χ2v) is 9.11. The number of rotatable bonds is 4. The van der Waals surface area contributed by atoms with E-state index in [9.17, 15) is 4.79 Å². The van der Waals surface area contributed by atoms with Crippen molar-refractivity contribution in [3.63, 3.8) is 0 Å². The predicted octanol–water partition coefficient (Wildman–Crippen LogP) is 5.19. The summed E-state index contributed by atoms with van der Waals surface area (Å²) < 4.78 is 0. The molecule has 0 radical (unpaired) electrons. The van der Waals surface area contributed by atoms with E-state index in [1.54, 1.807) is 29.5 Å². The van der Waals surface area contributed by atoms with Gasteiger partial charge in [-0.1, -0.05) is 35.0 Å². The second kappa shape index (κ2) is 7.83. The highest BCUT2D eigenvalue weighted by atomic mass is 35.5. The largest absolute Gasteiger partial charge is 0.383 e. The minimum Gasteiger partial charge on any atom is -0.383 e. The molecule has 4 rings (SSSR count). The van der Waals surface area contributed by atoms with Gasteiger partial charge in [-0.2, -0.15) is 0 Å². The first-order valence-electron chi connectivity index (χ1n) is 8.46. The molecule has 1 aliphatic rings. The van der Waals surface area contributed by atoms with E-state index in [0.717, 1.165) is 23.1 Å². The number of aryl methyl sites for hydroxylation is 2. The van der Waals surface area contributed by atoms with Crippen molar-refractivity contribution in [2.24, 2.45) is 0 Å². The maximum absolute atomic E-state index is 12.2. The fraction of sp³-hybridized carbons (Fsp3) is 0.278. The van der Waals surface area contributed by atoms with Crippen LogP contribution in [0.25, 0.3) is 10.2 Å². The van der Waals surface area contributed by atoms with Crippen LogP contribution in [0.4, 0.5) is 11.5 Å². The Morgan fingerprint density at radius 2 is 2.07 bits per heavy atom. The normalized spacial score (nSPS) is 13.6. The number of aromatic nitrogens is 2. The molecule has 0 spiro atoms. The van der Waals surface area contributed by atoms with Gasteiger partial charge in [0.1, 0.15) is 10.6 Å². The number of amides is 1. The first-order valence-corrected chi connectivity index (χ1v) is 11.0. The summed E-state index contributed by atoms with van der Waals surface area (Å²) in [6.45, 7) is 0. The van der Waals surface area contributed by atoms with Gasteiger partial charge in [0.05, 0.1) is 21.8 Å². The number of fused-ring (bicyclic) bond motifs is 3. The molecular weight excluding hydrogens is 423 g/mol. The molecule has 9 heteroatoms. The van der Waals surface area contributed by atoms with Gasteiger partial charge in [0.15, 0.2) is 5.16 Å². The van der Waals surface area contributed by atoms with Crippen molar-refractivity contribution in [2.75, 3.05) is 16.8 Å². The van der Waals surface area contributed by atoms with Crippen molar-refractivity contribution in [1.82, 2.24) is 9.97 Å². The number of nitrogens with zero attached hydrogens (tertiary/aromatic N) is 2. The highest BCUT2D eigenvalue weighted by Crippen LogP contribution is 2.38. The molecule has 3 aromatic rings. The van der Waals surface area contributed by atoms with Gasteiger partial charge < -0.3 is 11.1 Å². The minimum absolute atomic E-state index is 0.162. The van der Waals surface area contributed by atoms with Crippen molar-refractivity contribution >= 4 is 73.9 Å². The lowest BCUT2D eigenvalue weighted by atomic mass is 9.97. The van der Waals surface area contributed by atoms with Gasteiger partial charge in [-0.3, -0.25) is 4.79 Å². The third-order valence-electron chi connectivity index (χ3n) is 4.36. The standard InChI is InChI=1S/C18H16Cl2N4OS2/c19-9-5-6-12(11(20)7-9)22-14(25)8-26-18-23-16(21)15-10-3-1-2-4-13(10)27-17(15)24-18/h5-7H,1-4,8H2,(H,22,25)(H2,21,23,24). The highest BCUT2D eigenvalue weighted by Gasteiger charge is 2.20. The number of carbonyl (C=O) groups is 1. The van der Waals surface area contributed by atoms with Crippen LogP contribution < -0.4 is 11.1 Å². The minimum atomic E-state index is -0.197. The van der Waals surface area contributed by atoms with Crippen molar-refractivity contribution in [2.45, 2.75) is 30.8 Å². The molecule has 0 saturated heterocycles. The van der Waals surface area contributed by atoms with E-state index < -0.39 is 0 Å². The van der Waals surface area contributed by atoms with E-state index in [4.69, 9.17) is 28.9 Å². The number of nitrogen functional groups attached to an aromatic ring is 1. The van der Waals surface area contributed by atoms with E-state index in [1.807, 2.05) is 0 Å². The Hall–Kier alpha value is -1.54. The number of nitrogens with two attached hydrogens (primary N) is 1. The fourth-order valence-electron chi connectivity index (χ4n) is 3.14. The third-order valence-corrected chi connectivity index (χ3v) is 6.94. The summed E-state index contributed by atoms with van der Waals surface area (Å²) >= 11 is 14.9.